The molecule has 0 saturated carbocycles. The molecule has 1 aromatic heterocycles. The fourth-order valence-electron chi connectivity index (χ4n) is 4.89. The third-order valence-corrected chi connectivity index (χ3v) is 7.69. The largest absolute Gasteiger partial charge is 0.497 e. The van der Waals surface area contributed by atoms with Gasteiger partial charge in [-0.15, -0.1) is 0 Å². The molecule has 7 heteroatoms. The van der Waals surface area contributed by atoms with Crippen LogP contribution in [-0.2, 0) is 12.2 Å². The molecule has 2 aromatic carbocycles. The summed E-state index contributed by atoms with van der Waals surface area (Å²) in [5.74, 6) is 1.63. The fraction of sp³-hybridized carbons (Fsp3) is 0.321. The summed E-state index contributed by atoms with van der Waals surface area (Å²) in [5, 5.41) is 12.2. The molecular formula is C28H28Cl2N2O3. The number of hydrogen-bond donors (Lipinski definition) is 1. The number of methoxy groups -OCH3 is 1. The van der Waals surface area contributed by atoms with Crippen molar-refractivity contribution in [1.29, 1.82) is 0 Å². The van der Waals surface area contributed by atoms with E-state index < -0.39 is 5.60 Å². The minimum absolute atomic E-state index is 0.437. The van der Waals surface area contributed by atoms with Gasteiger partial charge in [0, 0.05) is 37.0 Å². The number of fused-ring (bicyclic) bond motifs is 2. The van der Waals surface area contributed by atoms with Gasteiger partial charge in [0.2, 0.25) is 0 Å². The van der Waals surface area contributed by atoms with Crippen LogP contribution in [0.3, 0.4) is 0 Å². The zero-order valence-electron chi connectivity index (χ0n) is 19.6. The monoisotopic (exact) mass is 510 g/mol. The van der Waals surface area contributed by atoms with Crippen molar-refractivity contribution in [2.75, 3.05) is 26.7 Å². The lowest BCUT2D eigenvalue weighted by molar-refractivity contribution is -0.0254. The first-order valence-electron chi connectivity index (χ1n) is 11.8. The van der Waals surface area contributed by atoms with Crippen molar-refractivity contribution in [3.63, 3.8) is 0 Å². The van der Waals surface area contributed by atoms with Crippen molar-refractivity contribution < 1.29 is 14.6 Å². The number of nitrogens with zero attached hydrogens (tertiary/aromatic N) is 2. The van der Waals surface area contributed by atoms with Crippen LogP contribution in [0.4, 0.5) is 0 Å². The standard InChI is InChI=1S/C28H28Cl2N2O3/c1-34-20-7-9-27-23(17-20)21(22-4-2-12-31-26(22)18-35-27)5-3-13-32-14-10-28(33,11-15-32)19-6-8-24(29)25(30)16-19/h2,4-9,12,16-17,33H,3,10-11,13-15,18H2,1H3/b21-5+. The number of benzene rings is 2. The Kier molecular flexibility index (Phi) is 7.03. The fourth-order valence-corrected chi connectivity index (χ4v) is 5.19. The molecule has 0 radical (unpaired) electrons. The average molecular weight is 511 g/mol. The first kappa shape index (κ1) is 24.1. The Morgan fingerprint density at radius 3 is 2.69 bits per heavy atom. The normalized spacial score (nSPS) is 18.3. The number of piperidine rings is 1. The third kappa shape index (κ3) is 5.05. The molecule has 0 spiro atoms. The predicted molar refractivity (Wildman–Crippen MR) is 139 cm³/mol. The van der Waals surface area contributed by atoms with Crippen molar-refractivity contribution in [1.82, 2.24) is 9.88 Å². The van der Waals surface area contributed by atoms with E-state index in [1.807, 2.05) is 30.3 Å². The van der Waals surface area contributed by atoms with E-state index in [9.17, 15) is 5.11 Å². The Morgan fingerprint density at radius 2 is 1.91 bits per heavy atom. The number of pyridine rings is 1. The molecule has 0 bridgehead atoms. The van der Waals surface area contributed by atoms with Gasteiger partial charge in [-0.1, -0.05) is 41.4 Å². The average Bonchev–Trinajstić information content (AvgIpc) is 3.03. The lowest BCUT2D eigenvalue weighted by Gasteiger charge is -2.38. The van der Waals surface area contributed by atoms with Crippen LogP contribution >= 0.6 is 23.2 Å². The first-order valence-corrected chi connectivity index (χ1v) is 12.6. The van der Waals surface area contributed by atoms with Crippen LogP contribution < -0.4 is 9.47 Å². The molecule has 3 heterocycles. The Morgan fingerprint density at radius 1 is 1.09 bits per heavy atom. The van der Waals surface area contributed by atoms with Crippen molar-refractivity contribution >= 4 is 28.8 Å². The maximum atomic E-state index is 11.2. The molecule has 182 valence electrons. The molecule has 3 aromatic rings. The minimum Gasteiger partial charge on any atom is -0.497 e. The van der Waals surface area contributed by atoms with E-state index in [0.29, 0.717) is 29.5 Å². The molecule has 1 saturated heterocycles. The first-order chi connectivity index (χ1) is 17.0. The highest BCUT2D eigenvalue weighted by molar-refractivity contribution is 6.42. The van der Waals surface area contributed by atoms with Gasteiger partial charge < -0.3 is 19.5 Å². The second kappa shape index (κ2) is 10.2. The summed E-state index contributed by atoms with van der Waals surface area (Å²) in [7, 11) is 1.67. The van der Waals surface area contributed by atoms with Gasteiger partial charge in [-0.05, 0) is 66.8 Å². The molecule has 1 fully saturated rings. The van der Waals surface area contributed by atoms with E-state index in [-0.39, 0.29) is 0 Å². The van der Waals surface area contributed by atoms with Crippen LogP contribution in [0.5, 0.6) is 11.5 Å². The molecule has 5 rings (SSSR count). The number of hydrogen-bond acceptors (Lipinski definition) is 5. The number of likely N-dealkylation sites (tertiary alicyclic amines) is 1. The second-order valence-electron chi connectivity index (χ2n) is 9.06. The highest BCUT2D eigenvalue weighted by Crippen LogP contribution is 2.39. The molecule has 0 unspecified atom stereocenters. The Hall–Kier alpha value is -2.57. The number of aliphatic hydroxyl groups is 1. The molecule has 0 amide bonds. The van der Waals surface area contributed by atoms with Crippen LogP contribution in [0, 0.1) is 0 Å². The van der Waals surface area contributed by atoms with Gasteiger partial charge in [-0.2, -0.15) is 0 Å². The summed E-state index contributed by atoms with van der Waals surface area (Å²) >= 11 is 12.2. The summed E-state index contributed by atoms with van der Waals surface area (Å²) in [4.78, 5) is 6.95. The van der Waals surface area contributed by atoms with Gasteiger partial charge in [0.1, 0.15) is 18.1 Å². The van der Waals surface area contributed by atoms with Crippen molar-refractivity contribution in [3.05, 3.63) is 93.2 Å². The van der Waals surface area contributed by atoms with E-state index in [0.717, 1.165) is 65.5 Å². The van der Waals surface area contributed by atoms with Gasteiger partial charge in [0.25, 0.3) is 0 Å². The van der Waals surface area contributed by atoms with Crippen LogP contribution in [-0.4, -0.2) is 41.7 Å². The van der Waals surface area contributed by atoms with E-state index in [1.54, 1.807) is 25.4 Å². The number of rotatable bonds is 5. The summed E-state index contributed by atoms with van der Waals surface area (Å²) in [6, 6.07) is 15.4. The van der Waals surface area contributed by atoms with Crippen molar-refractivity contribution in [3.8, 4) is 11.5 Å². The summed E-state index contributed by atoms with van der Waals surface area (Å²) < 4.78 is 11.5. The highest BCUT2D eigenvalue weighted by atomic mass is 35.5. The molecule has 1 N–H and O–H groups in total. The molecule has 2 aliphatic rings. The summed E-state index contributed by atoms with van der Waals surface area (Å²) in [6.07, 6.45) is 6.25. The molecule has 5 nitrogen and oxygen atoms in total. The predicted octanol–water partition coefficient (Wildman–Crippen LogP) is 6.09. The number of ether oxygens (including phenoxy) is 2. The minimum atomic E-state index is -0.873. The van der Waals surface area contributed by atoms with Gasteiger partial charge >= 0.3 is 0 Å². The van der Waals surface area contributed by atoms with Gasteiger partial charge in [-0.3, -0.25) is 4.98 Å². The van der Waals surface area contributed by atoms with Crippen LogP contribution in [0.25, 0.3) is 5.57 Å². The van der Waals surface area contributed by atoms with E-state index >= 15 is 0 Å². The van der Waals surface area contributed by atoms with E-state index in [4.69, 9.17) is 32.7 Å². The number of halogens is 2. The molecule has 2 aliphatic heterocycles. The van der Waals surface area contributed by atoms with Crippen molar-refractivity contribution in [2.45, 2.75) is 31.5 Å². The molecule has 0 atom stereocenters. The van der Waals surface area contributed by atoms with Gasteiger partial charge in [0.05, 0.1) is 28.5 Å². The van der Waals surface area contributed by atoms with Crippen LogP contribution in [0.2, 0.25) is 10.0 Å². The van der Waals surface area contributed by atoms with Crippen molar-refractivity contribution in [2.24, 2.45) is 0 Å². The Labute approximate surface area is 215 Å². The molecule has 35 heavy (non-hydrogen) atoms. The smallest absolute Gasteiger partial charge is 0.131 e. The maximum Gasteiger partial charge on any atom is 0.131 e. The second-order valence-corrected chi connectivity index (χ2v) is 9.87. The van der Waals surface area contributed by atoms with Crippen LogP contribution in [0.15, 0.2) is 60.8 Å². The zero-order chi connectivity index (χ0) is 24.4. The lowest BCUT2D eigenvalue weighted by Crippen LogP contribution is -2.42. The number of aromatic nitrogens is 1. The van der Waals surface area contributed by atoms with Crippen LogP contribution in [0.1, 0.15) is 41.6 Å². The summed E-state index contributed by atoms with van der Waals surface area (Å²) in [5.41, 5.74) is 4.11. The van der Waals surface area contributed by atoms with Gasteiger partial charge in [-0.25, -0.2) is 0 Å². The quantitative estimate of drug-likeness (QED) is 0.449. The SMILES string of the molecule is COc1ccc2c(c1)/C(=C/CCN1CCC(O)(c3ccc(Cl)c(Cl)c3)CC1)c1cccnc1CO2. The van der Waals surface area contributed by atoms with E-state index in [2.05, 4.69) is 22.0 Å². The Balaban J connectivity index is 1.31. The summed E-state index contributed by atoms with van der Waals surface area (Å²) in [6.45, 7) is 2.96. The maximum absolute atomic E-state index is 11.2. The lowest BCUT2D eigenvalue weighted by atomic mass is 9.84. The topological polar surface area (TPSA) is 54.8 Å². The highest BCUT2D eigenvalue weighted by Gasteiger charge is 2.34. The zero-order valence-corrected chi connectivity index (χ0v) is 21.1. The Bertz CT molecular complexity index is 1250. The van der Waals surface area contributed by atoms with Gasteiger partial charge in [0.15, 0.2) is 0 Å². The van der Waals surface area contributed by atoms with E-state index in [1.165, 1.54) is 0 Å². The molecular weight excluding hydrogens is 483 g/mol. The third-order valence-electron chi connectivity index (χ3n) is 6.96. The molecule has 0 aliphatic carbocycles.